The SMILES string of the molecule is C=CCc1cccc(N2/C=C\C=C/C(=C)c3c2cc2c4c3c3ccccc3n4-c3ccccc3O2)c1.N=C(N)c1ccccc1. The van der Waals surface area contributed by atoms with Crippen LogP contribution in [0.5, 0.6) is 11.5 Å². The largest absolute Gasteiger partial charge is 0.453 e. The molecule has 218 valence electrons. The maximum Gasteiger partial charge on any atom is 0.154 e. The third-order valence-electron chi connectivity index (χ3n) is 8.09. The molecule has 5 aromatic carbocycles. The van der Waals surface area contributed by atoms with Crippen molar-refractivity contribution in [2.75, 3.05) is 4.90 Å². The Bertz CT molecular complexity index is 2190. The highest BCUT2D eigenvalue weighted by atomic mass is 16.5. The summed E-state index contributed by atoms with van der Waals surface area (Å²) in [7, 11) is 0. The monoisotopic (exact) mass is 584 g/mol. The second kappa shape index (κ2) is 11.5. The van der Waals surface area contributed by atoms with Gasteiger partial charge >= 0.3 is 0 Å². The lowest BCUT2D eigenvalue weighted by Crippen LogP contribution is -2.13. The normalized spacial score (nSPS) is 14.2. The van der Waals surface area contributed by atoms with Crippen molar-refractivity contribution in [3.8, 4) is 17.2 Å². The van der Waals surface area contributed by atoms with Gasteiger partial charge in [-0.1, -0.05) is 97.6 Å². The Morgan fingerprint density at radius 2 is 1.60 bits per heavy atom. The summed E-state index contributed by atoms with van der Waals surface area (Å²) >= 11 is 0. The van der Waals surface area contributed by atoms with Gasteiger partial charge in [0.15, 0.2) is 11.5 Å². The van der Waals surface area contributed by atoms with Gasteiger partial charge in [-0.3, -0.25) is 5.41 Å². The number of fused-ring (bicyclic) bond motifs is 7. The molecule has 0 radical (unpaired) electrons. The van der Waals surface area contributed by atoms with Gasteiger partial charge in [0.1, 0.15) is 5.84 Å². The fourth-order valence-electron chi connectivity index (χ4n) is 6.12. The number of anilines is 2. The molecule has 5 nitrogen and oxygen atoms in total. The molecule has 0 atom stereocenters. The zero-order chi connectivity index (χ0) is 30.9. The molecule has 2 aliphatic rings. The van der Waals surface area contributed by atoms with Crippen LogP contribution in [0.4, 0.5) is 11.4 Å². The molecule has 0 unspecified atom stereocenters. The molecular weight excluding hydrogens is 552 g/mol. The first-order valence-electron chi connectivity index (χ1n) is 14.8. The van der Waals surface area contributed by atoms with Crippen LogP contribution in [0, 0.1) is 5.41 Å². The van der Waals surface area contributed by atoms with Crippen molar-refractivity contribution in [3.05, 3.63) is 170 Å². The van der Waals surface area contributed by atoms with Gasteiger partial charge in [-0.05, 0) is 54.0 Å². The summed E-state index contributed by atoms with van der Waals surface area (Å²) in [5.41, 5.74) is 14.7. The van der Waals surface area contributed by atoms with Crippen molar-refractivity contribution in [1.82, 2.24) is 4.57 Å². The van der Waals surface area contributed by atoms with Gasteiger partial charge in [-0.15, -0.1) is 6.58 Å². The molecule has 8 rings (SSSR count). The van der Waals surface area contributed by atoms with Crippen molar-refractivity contribution in [2.45, 2.75) is 6.42 Å². The van der Waals surface area contributed by atoms with E-state index in [1.54, 1.807) is 0 Å². The molecule has 0 amide bonds. The topological polar surface area (TPSA) is 67.3 Å². The molecule has 2 aliphatic heterocycles. The number of hydrogen-bond donors (Lipinski definition) is 2. The maximum atomic E-state index is 7.01. The van der Waals surface area contributed by atoms with Gasteiger partial charge in [-0.25, -0.2) is 0 Å². The van der Waals surface area contributed by atoms with Crippen LogP contribution in [0.25, 0.3) is 33.1 Å². The molecule has 3 heterocycles. The highest BCUT2D eigenvalue weighted by Gasteiger charge is 2.29. The smallest absolute Gasteiger partial charge is 0.154 e. The summed E-state index contributed by atoms with van der Waals surface area (Å²) in [6, 6.07) is 36.8. The van der Waals surface area contributed by atoms with Gasteiger partial charge in [0.2, 0.25) is 0 Å². The third kappa shape index (κ3) is 4.90. The zero-order valence-electron chi connectivity index (χ0n) is 24.8. The average Bonchev–Trinajstić information content (AvgIpc) is 3.41. The second-order valence-electron chi connectivity index (χ2n) is 11.0. The van der Waals surface area contributed by atoms with E-state index in [9.17, 15) is 0 Å². The molecule has 6 aromatic rings. The predicted octanol–water partition coefficient (Wildman–Crippen LogP) is 9.82. The minimum absolute atomic E-state index is 0.121. The minimum Gasteiger partial charge on any atom is -0.453 e. The number of aromatic nitrogens is 1. The molecule has 5 heteroatoms. The first-order valence-corrected chi connectivity index (χ1v) is 14.8. The Morgan fingerprint density at radius 1 is 0.822 bits per heavy atom. The summed E-state index contributed by atoms with van der Waals surface area (Å²) < 4.78 is 8.90. The lowest BCUT2D eigenvalue weighted by Gasteiger charge is -2.28. The van der Waals surface area contributed by atoms with Crippen LogP contribution in [0.1, 0.15) is 16.7 Å². The molecule has 1 aromatic heterocycles. The van der Waals surface area contributed by atoms with E-state index >= 15 is 0 Å². The molecule has 45 heavy (non-hydrogen) atoms. The van der Waals surface area contributed by atoms with Crippen LogP contribution in [0.2, 0.25) is 0 Å². The van der Waals surface area contributed by atoms with Gasteiger partial charge < -0.3 is 19.9 Å². The molecule has 0 spiro atoms. The quantitative estimate of drug-likeness (QED) is 0.123. The molecule has 0 saturated carbocycles. The number of nitrogens with one attached hydrogen (secondary N) is 1. The Labute approximate surface area is 262 Å². The Balaban J connectivity index is 0.000000313. The minimum atomic E-state index is 0.121. The number of nitrogens with zero attached hydrogens (tertiary/aromatic N) is 2. The number of allylic oxidation sites excluding steroid dienone is 5. The molecule has 0 bridgehead atoms. The van der Waals surface area contributed by atoms with E-state index in [2.05, 4.69) is 114 Å². The van der Waals surface area contributed by atoms with Crippen molar-refractivity contribution >= 4 is 44.6 Å². The lowest BCUT2D eigenvalue weighted by molar-refractivity contribution is 0.476. The van der Waals surface area contributed by atoms with Crippen LogP contribution >= 0.6 is 0 Å². The van der Waals surface area contributed by atoms with E-state index in [1.807, 2.05) is 48.5 Å². The highest BCUT2D eigenvalue weighted by molar-refractivity contribution is 6.19. The number of amidine groups is 1. The summed E-state index contributed by atoms with van der Waals surface area (Å²) in [6.07, 6.45) is 11.1. The summed E-state index contributed by atoms with van der Waals surface area (Å²) in [6.45, 7) is 8.42. The first-order chi connectivity index (χ1) is 22.0. The first kappa shape index (κ1) is 27.7. The molecule has 0 aliphatic carbocycles. The van der Waals surface area contributed by atoms with Crippen molar-refractivity contribution in [2.24, 2.45) is 5.73 Å². The highest BCUT2D eigenvalue weighted by Crippen LogP contribution is 2.51. The van der Waals surface area contributed by atoms with E-state index in [-0.39, 0.29) is 5.84 Å². The van der Waals surface area contributed by atoms with Crippen molar-refractivity contribution in [1.29, 1.82) is 5.41 Å². The summed E-state index contributed by atoms with van der Waals surface area (Å²) in [4.78, 5) is 2.24. The summed E-state index contributed by atoms with van der Waals surface area (Å²) in [5, 5.41) is 9.36. The molecule has 3 N–H and O–H groups in total. The predicted molar refractivity (Wildman–Crippen MR) is 188 cm³/mol. The number of hydrogen-bond acceptors (Lipinski definition) is 3. The second-order valence-corrected chi connectivity index (χ2v) is 11.0. The fourth-order valence-corrected chi connectivity index (χ4v) is 6.12. The molecular formula is C40H32N4O. The number of nitrogen functional groups attached to an aromatic ring is 1. The van der Waals surface area contributed by atoms with Gasteiger partial charge in [-0.2, -0.15) is 0 Å². The van der Waals surface area contributed by atoms with Gasteiger partial charge in [0.25, 0.3) is 0 Å². The summed E-state index contributed by atoms with van der Waals surface area (Å²) in [5.74, 6) is 1.82. The fraction of sp³-hybridized carbons (Fsp3) is 0.0250. The number of rotatable bonds is 4. The van der Waals surface area contributed by atoms with Crippen LogP contribution < -0.4 is 15.4 Å². The number of nitrogens with two attached hydrogens (primary N) is 1. The van der Waals surface area contributed by atoms with Crippen molar-refractivity contribution in [3.63, 3.8) is 0 Å². The van der Waals surface area contributed by atoms with Crippen LogP contribution in [0.15, 0.2) is 153 Å². The van der Waals surface area contributed by atoms with Crippen LogP contribution in [-0.4, -0.2) is 10.4 Å². The van der Waals surface area contributed by atoms with E-state index in [1.165, 1.54) is 10.9 Å². The maximum absolute atomic E-state index is 7.01. The van der Waals surface area contributed by atoms with E-state index in [0.717, 1.165) is 68.1 Å². The Morgan fingerprint density at radius 3 is 2.40 bits per heavy atom. The third-order valence-corrected chi connectivity index (χ3v) is 8.09. The standard InChI is InChI=1S/C33H24N2O.C7H8N2/c1-3-11-23-13-10-14-24(20-23)34-19-9-8-12-22(2)31-28(34)21-30-33-32(31)25-15-4-5-16-26(25)35(33)27-17-6-7-18-29(27)36-30;8-7(9)6-4-2-1-3-5-6/h3-10,12-21H,1-2,11H2;1-5H,(H3,8,9)/b12-8-,19-9-;. The van der Waals surface area contributed by atoms with E-state index < -0.39 is 0 Å². The van der Waals surface area contributed by atoms with Crippen LogP contribution in [0.3, 0.4) is 0 Å². The lowest BCUT2D eigenvalue weighted by atomic mass is 9.95. The molecule has 0 fully saturated rings. The molecule has 0 saturated heterocycles. The van der Waals surface area contributed by atoms with Crippen LogP contribution in [-0.2, 0) is 6.42 Å². The van der Waals surface area contributed by atoms with E-state index in [4.69, 9.17) is 15.9 Å². The number of ether oxygens (including phenoxy) is 1. The van der Waals surface area contributed by atoms with Gasteiger partial charge in [0, 0.05) is 39.9 Å². The average molecular weight is 585 g/mol. The van der Waals surface area contributed by atoms with E-state index in [0.29, 0.717) is 0 Å². The Hall–Kier alpha value is -6.07. The Kier molecular flexibility index (Phi) is 7.12. The van der Waals surface area contributed by atoms with Crippen molar-refractivity contribution < 1.29 is 4.74 Å². The van der Waals surface area contributed by atoms with Gasteiger partial charge in [0.05, 0.1) is 22.4 Å². The number of para-hydroxylation sites is 3. The zero-order valence-corrected chi connectivity index (χ0v) is 24.8. The number of benzene rings is 5.